The normalized spacial score (nSPS) is 11.8. The van der Waals surface area contributed by atoms with E-state index >= 15 is 0 Å². The van der Waals surface area contributed by atoms with Crippen LogP contribution in [-0.2, 0) is 11.2 Å². The molecule has 0 aliphatic carbocycles. The minimum atomic E-state index is -0.513. The molecule has 1 N–H and O–H groups in total. The average molecular weight is 366 g/mol. The third-order valence-corrected chi connectivity index (χ3v) is 3.60. The Labute approximate surface area is 136 Å². The molecule has 0 spiro atoms. The van der Waals surface area contributed by atoms with Gasteiger partial charge < -0.3 is 14.5 Å². The molecule has 1 atom stereocenters. The number of carbonyl (C=O) groups is 1. The van der Waals surface area contributed by atoms with E-state index in [9.17, 15) is 9.59 Å². The molecule has 1 amide bonds. The number of carbonyl (C=O) groups excluding carboxylic acids is 1. The van der Waals surface area contributed by atoms with E-state index < -0.39 is 11.7 Å². The van der Waals surface area contributed by atoms with E-state index in [4.69, 9.17) is 9.15 Å². The van der Waals surface area contributed by atoms with Crippen molar-refractivity contribution in [2.45, 2.75) is 19.4 Å². The van der Waals surface area contributed by atoms with E-state index in [0.717, 1.165) is 10.0 Å². The van der Waals surface area contributed by atoms with Gasteiger partial charge in [0.2, 0.25) is 5.91 Å². The van der Waals surface area contributed by atoms with Crippen molar-refractivity contribution in [2.24, 2.45) is 0 Å². The fourth-order valence-electron chi connectivity index (χ4n) is 2.09. The summed E-state index contributed by atoms with van der Waals surface area (Å²) in [6.07, 6.45) is 0.503. The lowest BCUT2D eigenvalue weighted by Gasteiger charge is -2.17. The van der Waals surface area contributed by atoms with Crippen LogP contribution in [0.4, 0.5) is 0 Å². The Balaban J connectivity index is 2.33. The third kappa shape index (κ3) is 4.46. The third-order valence-electron chi connectivity index (χ3n) is 3.07. The van der Waals surface area contributed by atoms with E-state index in [0.29, 0.717) is 17.9 Å². The molecule has 2 rings (SSSR count). The second kappa shape index (κ2) is 7.26. The van der Waals surface area contributed by atoms with Gasteiger partial charge in [0.15, 0.2) is 0 Å². The van der Waals surface area contributed by atoms with Gasteiger partial charge in [-0.1, -0.05) is 28.1 Å². The maximum Gasteiger partial charge on any atom is 0.339 e. The summed E-state index contributed by atoms with van der Waals surface area (Å²) in [5.74, 6) is 0.562. The molecule has 0 fully saturated rings. The zero-order valence-corrected chi connectivity index (χ0v) is 13.8. The predicted octanol–water partition coefficient (Wildman–Crippen LogP) is 2.83. The van der Waals surface area contributed by atoms with Gasteiger partial charge in [0.05, 0.1) is 19.2 Å². The van der Waals surface area contributed by atoms with Crippen LogP contribution in [0, 0.1) is 0 Å². The fourth-order valence-corrected chi connectivity index (χ4v) is 2.35. The van der Waals surface area contributed by atoms with Crippen LogP contribution in [0.3, 0.4) is 0 Å². The van der Waals surface area contributed by atoms with Gasteiger partial charge in [-0.2, -0.15) is 0 Å². The quantitative estimate of drug-likeness (QED) is 0.884. The largest absolute Gasteiger partial charge is 0.496 e. The number of amides is 1. The molecule has 0 aliphatic heterocycles. The van der Waals surface area contributed by atoms with E-state index in [1.54, 1.807) is 6.07 Å². The summed E-state index contributed by atoms with van der Waals surface area (Å²) in [5, 5.41) is 2.80. The molecular weight excluding hydrogens is 350 g/mol. The molecule has 0 unspecified atom stereocenters. The lowest BCUT2D eigenvalue weighted by molar-refractivity contribution is -0.119. The Morgan fingerprint density at radius 1 is 1.32 bits per heavy atom. The molecule has 0 bridgehead atoms. The van der Waals surface area contributed by atoms with Gasteiger partial charge in [-0.25, -0.2) is 4.79 Å². The fraction of sp³-hybridized carbons (Fsp3) is 0.250. The van der Waals surface area contributed by atoms with E-state index in [1.165, 1.54) is 20.1 Å². The van der Waals surface area contributed by atoms with Crippen molar-refractivity contribution in [3.8, 4) is 5.75 Å². The highest BCUT2D eigenvalue weighted by atomic mass is 79.9. The van der Waals surface area contributed by atoms with Crippen LogP contribution >= 0.6 is 15.9 Å². The summed E-state index contributed by atoms with van der Waals surface area (Å²) in [7, 11) is 1.47. The SMILES string of the molecule is COc1cc([C@H](Cc2ccc(Br)cc2)NC(C)=O)oc(=O)c1. The van der Waals surface area contributed by atoms with Crippen molar-refractivity contribution in [3.63, 3.8) is 0 Å². The minimum Gasteiger partial charge on any atom is -0.496 e. The Hall–Kier alpha value is -2.08. The summed E-state index contributed by atoms with van der Waals surface area (Å²) in [4.78, 5) is 23.0. The number of methoxy groups -OCH3 is 1. The summed E-state index contributed by atoms with van der Waals surface area (Å²) in [5.41, 5.74) is 0.493. The number of hydrogen-bond donors (Lipinski definition) is 1. The van der Waals surface area contributed by atoms with Crippen LogP contribution in [0.1, 0.15) is 24.3 Å². The standard InChI is InChI=1S/C16H16BrNO4/c1-10(19)18-14(7-11-3-5-12(17)6-4-11)15-8-13(21-2)9-16(20)22-15/h3-6,8-9,14H,7H2,1-2H3,(H,18,19)/t14-/m0/s1. The average Bonchev–Trinajstić information content (AvgIpc) is 2.47. The predicted molar refractivity (Wildman–Crippen MR) is 85.9 cm³/mol. The molecule has 6 heteroatoms. The first-order valence-corrected chi connectivity index (χ1v) is 7.48. The van der Waals surface area contributed by atoms with Crippen LogP contribution in [0.15, 0.2) is 50.1 Å². The molecular formula is C16H16BrNO4. The first kappa shape index (κ1) is 16.3. The Morgan fingerprint density at radius 3 is 2.59 bits per heavy atom. The number of benzene rings is 1. The van der Waals surface area contributed by atoms with Gasteiger partial charge in [-0.15, -0.1) is 0 Å². The zero-order valence-electron chi connectivity index (χ0n) is 12.3. The molecule has 0 aliphatic rings. The van der Waals surface area contributed by atoms with Crippen molar-refractivity contribution < 1.29 is 13.9 Å². The Morgan fingerprint density at radius 2 is 2.00 bits per heavy atom. The smallest absolute Gasteiger partial charge is 0.339 e. The van der Waals surface area contributed by atoms with Crippen molar-refractivity contribution in [1.82, 2.24) is 5.32 Å². The maximum absolute atomic E-state index is 11.6. The van der Waals surface area contributed by atoms with Crippen LogP contribution in [0.5, 0.6) is 5.75 Å². The molecule has 116 valence electrons. The van der Waals surface area contributed by atoms with Gasteiger partial charge >= 0.3 is 5.63 Å². The number of hydrogen-bond acceptors (Lipinski definition) is 4. The zero-order chi connectivity index (χ0) is 16.1. The van der Waals surface area contributed by atoms with Gasteiger partial charge in [0, 0.05) is 17.5 Å². The number of halogens is 1. The highest BCUT2D eigenvalue weighted by Crippen LogP contribution is 2.22. The van der Waals surface area contributed by atoms with Crippen LogP contribution in [0.2, 0.25) is 0 Å². The first-order valence-electron chi connectivity index (χ1n) is 6.68. The van der Waals surface area contributed by atoms with Crippen LogP contribution in [-0.4, -0.2) is 13.0 Å². The Kier molecular flexibility index (Phi) is 5.38. The van der Waals surface area contributed by atoms with E-state index in [1.807, 2.05) is 24.3 Å². The monoisotopic (exact) mass is 365 g/mol. The molecule has 1 aromatic carbocycles. The van der Waals surface area contributed by atoms with Gasteiger partial charge in [0.1, 0.15) is 11.5 Å². The van der Waals surface area contributed by atoms with Gasteiger partial charge in [-0.05, 0) is 24.1 Å². The van der Waals surface area contributed by atoms with Gasteiger partial charge in [0.25, 0.3) is 0 Å². The highest BCUT2D eigenvalue weighted by Gasteiger charge is 2.18. The molecule has 2 aromatic rings. The molecule has 22 heavy (non-hydrogen) atoms. The van der Waals surface area contributed by atoms with Crippen LogP contribution < -0.4 is 15.7 Å². The first-order chi connectivity index (χ1) is 10.5. The summed E-state index contributed by atoms with van der Waals surface area (Å²) < 4.78 is 11.3. The van der Waals surface area contributed by atoms with Crippen molar-refractivity contribution in [1.29, 1.82) is 0 Å². The molecule has 1 heterocycles. The summed E-state index contributed by atoms with van der Waals surface area (Å²) >= 11 is 3.38. The lowest BCUT2D eigenvalue weighted by Crippen LogP contribution is -2.28. The lowest BCUT2D eigenvalue weighted by atomic mass is 10.0. The molecule has 1 aromatic heterocycles. The number of rotatable bonds is 5. The second-order valence-corrected chi connectivity index (χ2v) is 5.72. The van der Waals surface area contributed by atoms with Crippen LogP contribution in [0.25, 0.3) is 0 Å². The molecule has 5 nitrogen and oxygen atoms in total. The van der Waals surface area contributed by atoms with E-state index in [2.05, 4.69) is 21.2 Å². The highest BCUT2D eigenvalue weighted by molar-refractivity contribution is 9.10. The second-order valence-electron chi connectivity index (χ2n) is 4.80. The topological polar surface area (TPSA) is 68.5 Å². The van der Waals surface area contributed by atoms with Crippen molar-refractivity contribution >= 4 is 21.8 Å². The summed E-state index contributed by atoms with van der Waals surface area (Å²) in [6.45, 7) is 1.42. The molecule has 0 radical (unpaired) electrons. The van der Waals surface area contributed by atoms with E-state index in [-0.39, 0.29) is 5.91 Å². The van der Waals surface area contributed by atoms with Crippen molar-refractivity contribution in [2.75, 3.05) is 7.11 Å². The Bertz CT molecular complexity index is 709. The van der Waals surface area contributed by atoms with Crippen molar-refractivity contribution in [3.05, 3.63) is 62.6 Å². The minimum absolute atomic E-state index is 0.201. The van der Waals surface area contributed by atoms with Gasteiger partial charge in [-0.3, -0.25) is 4.79 Å². The number of ether oxygens (including phenoxy) is 1. The number of nitrogens with one attached hydrogen (secondary N) is 1. The maximum atomic E-state index is 11.6. The molecule has 0 saturated carbocycles. The molecule has 0 saturated heterocycles. The summed E-state index contributed by atoms with van der Waals surface area (Å²) in [6, 6.07) is 10.1.